The van der Waals surface area contributed by atoms with Crippen LogP contribution in [0.1, 0.15) is 58.4 Å². The van der Waals surface area contributed by atoms with E-state index in [2.05, 4.69) is 16.0 Å². The molecule has 2 rings (SSSR count). The summed E-state index contributed by atoms with van der Waals surface area (Å²) >= 11 is 0. The molecule has 0 heterocycles. The van der Waals surface area contributed by atoms with E-state index in [-0.39, 0.29) is 23.7 Å². The number of aliphatic carboxylic acids is 1. The minimum Gasteiger partial charge on any atom is -0.480 e. The molecule has 1 saturated carbocycles. The van der Waals surface area contributed by atoms with Crippen LogP contribution in [0.5, 0.6) is 0 Å². The van der Waals surface area contributed by atoms with Gasteiger partial charge in [0.05, 0.1) is 6.04 Å². The molecule has 9 nitrogen and oxygen atoms in total. The number of carboxylic acids is 1. The first-order valence-corrected chi connectivity index (χ1v) is 12.9. The van der Waals surface area contributed by atoms with E-state index in [0.717, 1.165) is 37.7 Å². The first-order valence-electron chi connectivity index (χ1n) is 12.9. The monoisotopic (exact) mass is 502 g/mol. The lowest BCUT2D eigenvalue weighted by atomic mass is 9.82. The van der Waals surface area contributed by atoms with Crippen LogP contribution in [0.3, 0.4) is 0 Å². The number of hydrogen-bond donors (Lipinski definition) is 4. The van der Waals surface area contributed by atoms with Crippen LogP contribution in [0.25, 0.3) is 0 Å². The lowest BCUT2D eigenvalue weighted by molar-refractivity contribution is -0.147. The molecule has 3 amide bonds. The second-order valence-electron chi connectivity index (χ2n) is 10.1. The van der Waals surface area contributed by atoms with Gasteiger partial charge >= 0.3 is 5.97 Å². The summed E-state index contributed by atoms with van der Waals surface area (Å²) in [5, 5.41) is 18.0. The van der Waals surface area contributed by atoms with E-state index < -0.39 is 36.0 Å². The molecule has 1 aliphatic carbocycles. The van der Waals surface area contributed by atoms with Crippen LogP contribution in [0.4, 0.5) is 0 Å². The Hall–Kier alpha value is -2.94. The summed E-state index contributed by atoms with van der Waals surface area (Å²) < 4.78 is 0. The molecule has 0 aromatic heterocycles. The minimum atomic E-state index is -1.10. The van der Waals surface area contributed by atoms with E-state index in [4.69, 9.17) is 0 Å². The van der Waals surface area contributed by atoms with Crippen LogP contribution in [0, 0.1) is 11.8 Å². The summed E-state index contributed by atoms with van der Waals surface area (Å²) in [5.74, 6) is -2.64. The minimum absolute atomic E-state index is 0.0691. The second-order valence-corrected chi connectivity index (χ2v) is 10.1. The highest BCUT2D eigenvalue weighted by molar-refractivity contribution is 5.94. The Morgan fingerprint density at radius 3 is 2.11 bits per heavy atom. The van der Waals surface area contributed by atoms with Crippen molar-refractivity contribution >= 4 is 23.7 Å². The number of carboxylic acid groups (broad SMARTS) is 1. The predicted octanol–water partition coefficient (Wildman–Crippen LogP) is 1.95. The Balaban J connectivity index is 2.14. The maximum atomic E-state index is 13.4. The molecule has 4 atom stereocenters. The average Bonchev–Trinajstić information content (AvgIpc) is 2.86. The smallest absolute Gasteiger partial charge is 0.326 e. The van der Waals surface area contributed by atoms with Crippen molar-refractivity contribution in [2.24, 2.45) is 11.8 Å². The van der Waals surface area contributed by atoms with E-state index in [1.807, 2.05) is 30.3 Å². The quantitative estimate of drug-likeness (QED) is 0.346. The van der Waals surface area contributed by atoms with Gasteiger partial charge in [0.2, 0.25) is 17.7 Å². The molecule has 200 valence electrons. The average molecular weight is 503 g/mol. The molecule has 4 N–H and O–H groups in total. The number of benzene rings is 1. The fourth-order valence-electron chi connectivity index (χ4n) is 4.90. The summed E-state index contributed by atoms with van der Waals surface area (Å²) in [6, 6.07) is 6.39. The van der Waals surface area contributed by atoms with Gasteiger partial charge in [0, 0.05) is 7.05 Å². The predicted molar refractivity (Wildman–Crippen MR) is 138 cm³/mol. The largest absolute Gasteiger partial charge is 0.480 e. The Morgan fingerprint density at radius 1 is 0.972 bits per heavy atom. The number of carbonyl (C=O) groups excluding carboxylic acids is 3. The second kappa shape index (κ2) is 14.0. The van der Waals surface area contributed by atoms with Gasteiger partial charge in [-0.3, -0.25) is 14.4 Å². The van der Waals surface area contributed by atoms with Gasteiger partial charge < -0.3 is 26.0 Å². The highest BCUT2D eigenvalue weighted by Gasteiger charge is 2.38. The third-order valence-corrected chi connectivity index (χ3v) is 7.04. The molecule has 1 aromatic carbocycles. The molecular formula is C27H42N4O5. The van der Waals surface area contributed by atoms with Crippen molar-refractivity contribution in [3.05, 3.63) is 35.9 Å². The Bertz CT molecular complexity index is 885. The van der Waals surface area contributed by atoms with Gasteiger partial charge in [0.15, 0.2) is 0 Å². The molecule has 1 aliphatic rings. The highest BCUT2D eigenvalue weighted by atomic mass is 16.4. The molecule has 0 saturated heterocycles. The van der Waals surface area contributed by atoms with Crippen molar-refractivity contribution in [3.63, 3.8) is 0 Å². The molecular weight excluding hydrogens is 460 g/mol. The zero-order valence-corrected chi connectivity index (χ0v) is 22.1. The van der Waals surface area contributed by atoms with Crippen LogP contribution in [0.15, 0.2) is 30.3 Å². The SMILES string of the molecule is CN[C@@H](Cc1ccccc1)C(=O)N[C@@H](C)C(=O)N(C)[C@H](C(=O)N[C@@H](C(=O)O)C(C)C)C1CCCCC1. The Labute approximate surface area is 214 Å². The lowest BCUT2D eigenvalue weighted by Crippen LogP contribution is -2.59. The number of amides is 3. The van der Waals surface area contributed by atoms with Gasteiger partial charge in [-0.1, -0.05) is 63.4 Å². The van der Waals surface area contributed by atoms with Crippen LogP contribution in [-0.4, -0.2) is 72.0 Å². The summed E-state index contributed by atoms with van der Waals surface area (Å²) in [4.78, 5) is 52.7. The van der Waals surface area contributed by atoms with Crippen molar-refractivity contribution in [2.45, 2.75) is 83.5 Å². The molecule has 1 aromatic rings. The fourth-order valence-corrected chi connectivity index (χ4v) is 4.90. The van der Waals surface area contributed by atoms with E-state index in [9.17, 15) is 24.3 Å². The van der Waals surface area contributed by atoms with Crippen molar-refractivity contribution in [1.82, 2.24) is 20.9 Å². The number of carbonyl (C=O) groups is 4. The number of nitrogens with one attached hydrogen (secondary N) is 3. The van der Waals surface area contributed by atoms with Gasteiger partial charge in [-0.05, 0) is 50.6 Å². The van der Waals surface area contributed by atoms with E-state index >= 15 is 0 Å². The molecule has 1 fully saturated rings. The first kappa shape index (κ1) is 29.3. The first-order chi connectivity index (χ1) is 17.1. The maximum Gasteiger partial charge on any atom is 0.326 e. The summed E-state index contributed by atoms with van der Waals surface area (Å²) in [6.07, 6.45) is 5.03. The number of hydrogen-bond acceptors (Lipinski definition) is 5. The zero-order chi connectivity index (χ0) is 26.8. The van der Waals surface area contributed by atoms with Crippen molar-refractivity contribution in [1.29, 1.82) is 0 Å². The van der Waals surface area contributed by atoms with Crippen molar-refractivity contribution in [3.8, 4) is 0 Å². The Kier molecular flexibility index (Phi) is 11.4. The van der Waals surface area contributed by atoms with Crippen molar-refractivity contribution < 1.29 is 24.3 Å². The molecule has 0 aliphatic heterocycles. The fraction of sp³-hybridized carbons (Fsp3) is 0.630. The molecule has 0 unspecified atom stereocenters. The number of rotatable bonds is 12. The normalized spacial score (nSPS) is 17.5. The van der Waals surface area contributed by atoms with E-state index in [0.29, 0.717) is 6.42 Å². The number of likely N-dealkylation sites (N-methyl/N-ethyl adjacent to an activating group) is 2. The van der Waals surface area contributed by atoms with Crippen LogP contribution in [0.2, 0.25) is 0 Å². The van der Waals surface area contributed by atoms with Crippen molar-refractivity contribution in [2.75, 3.05) is 14.1 Å². The molecule has 0 bridgehead atoms. The summed E-state index contributed by atoms with van der Waals surface area (Å²) in [6.45, 7) is 5.07. The van der Waals surface area contributed by atoms with Crippen LogP contribution in [-0.2, 0) is 25.6 Å². The maximum absolute atomic E-state index is 13.4. The topological polar surface area (TPSA) is 128 Å². The molecule has 36 heavy (non-hydrogen) atoms. The van der Waals surface area contributed by atoms with Crippen LogP contribution < -0.4 is 16.0 Å². The standard InChI is InChI=1S/C27H42N4O5/c1-17(2)22(27(35)36)30-25(33)23(20-14-10-7-11-15-20)31(5)26(34)18(3)29-24(32)21(28-4)16-19-12-8-6-9-13-19/h6,8-9,12-13,17-18,20-23,28H,7,10-11,14-16H2,1-5H3,(H,29,32)(H,30,33)(H,35,36)/t18-,21-,22+,23-/m0/s1. The summed E-state index contributed by atoms with van der Waals surface area (Å²) in [5.41, 5.74) is 0.996. The zero-order valence-electron chi connectivity index (χ0n) is 22.1. The summed E-state index contributed by atoms with van der Waals surface area (Å²) in [7, 11) is 3.26. The third-order valence-electron chi connectivity index (χ3n) is 7.04. The van der Waals surface area contributed by atoms with Gasteiger partial charge in [-0.2, -0.15) is 0 Å². The van der Waals surface area contributed by atoms with E-state index in [1.54, 1.807) is 34.9 Å². The number of nitrogens with zero attached hydrogens (tertiary/aromatic N) is 1. The third kappa shape index (κ3) is 8.05. The van der Waals surface area contributed by atoms with Gasteiger partial charge in [-0.25, -0.2) is 4.79 Å². The van der Waals surface area contributed by atoms with Gasteiger partial charge in [0.1, 0.15) is 18.1 Å². The molecule has 0 radical (unpaired) electrons. The Morgan fingerprint density at radius 2 is 1.58 bits per heavy atom. The van der Waals surface area contributed by atoms with Crippen LogP contribution >= 0.6 is 0 Å². The lowest BCUT2D eigenvalue weighted by Gasteiger charge is -2.37. The molecule has 0 spiro atoms. The highest BCUT2D eigenvalue weighted by Crippen LogP contribution is 2.29. The van der Waals surface area contributed by atoms with Gasteiger partial charge in [0.25, 0.3) is 0 Å². The van der Waals surface area contributed by atoms with E-state index in [1.165, 1.54) is 4.90 Å². The molecule has 9 heteroatoms. The van der Waals surface area contributed by atoms with Gasteiger partial charge in [-0.15, -0.1) is 0 Å².